The predicted octanol–water partition coefficient (Wildman–Crippen LogP) is 5.68. The van der Waals surface area contributed by atoms with Crippen LogP contribution in [-0.4, -0.2) is 67.4 Å². The lowest BCUT2D eigenvalue weighted by Gasteiger charge is -2.35. The second-order valence-corrected chi connectivity index (χ2v) is 15.2. The van der Waals surface area contributed by atoms with Crippen molar-refractivity contribution >= 4 is 21.3 Å². The molecule has 2 fully saturated rings. The highest BCUT2D eigenvalue weighted by molar-refractivity contribution is 7.97. The Morgan fingerprint density at radius 3 is 1.83 bits per heavy atom. The van der Waals surface area contributed by atoms with Crippen molar-refractivity contribution in [3.63, 3.8) is 0 Å². The predicted molar refractivity (Wildman–Crippen MR) is 183 cm³/mol. The molecule has 7 atom stereocenters. The summed E-state index contributed by atoms with van der Waals surface area (Å²) < 4.78 is 70.4. The fraction of sp³-hybridized carbons (Fsp3) is 0.351. The zero-order chi connectivity index (χ0) is 33.2. The average molecular weight is 694 g/mol. The van der Waals surface area contributed by atoms with E-state index in [1.165, 1.54) is 0 Å². The highest BCUT2D eigenvalue weighted by Gasteiger charge is 2.55. The van der Waals surface area contributed by atoms with E-state index in [9.17, 15) is 13.0 Å². The van der Waals surface area contributed by atoms with Crippen molar-refractivity contribution in [1.82, 2.24) is 0 Å². The molecule has 254 valence electrons. The molecule has 0 bridgehead atoms. The summed E-state index contributed by atoms with van der Waals surface area (Å²) in [6.45, 7) is 1.59. The fourth-order valence-electron chi connectivity index (χ4n) is 5.97. The quantitative estimate of drug-likeness (QED) is 0.124. The van der Waals surface area contributed by atoms with Gasteiger partial charge in [-0.2, -0.15) is 8.42 Å². The van der Waals surface area contributed by atoms with Crippen molar-refractivity contribution in [3.8, 4) is 0 Å². The minimum absolute atomic E-state index is 0.0712. The second kappa shape index (κ2) is 17.0. The van der Waals surface area contributed by atoms with E-state index in [1.54, 1.807) is 0 Å². The van der Waals surface area contributed by atoms with Crippen LogP contribution in [0, 0.1) is 0 Å². The lowest BCUT2D eigenvalue weighted by molar-refractivity contribution is -0.245. The molecule has 0 spiro atoms. The topological polar surface area (TPSA) is 110 Å². The lowest BCUT2D eigenvalue weighted by Crippen LogP contribution is -2.48. The summed E-state index contributed by atoms with van der Waals surface area (Å²) in [5, 5.41) is -0.0915. The van der Waals surface area contributed by atoms with Gasteiger partial charge in [-0.05, 0) is 16.7 Å². The van der Waals surface area contributed by atoms with Gasteiger partial charge in [-0.1, -0.05) is 121 Å². The van der Waals surface area contributed by atoms with Crippen LogP contribution in [0.2, 0.25) is 0 Å². The Kier molecular flexibility index (Phi) is 12.3. The van der Waals surface area contributed by atoms with Crippen LogP contribution >= 0.6 is 0 Å². The minimum atomic E-state index is -4.76. The van der Waals surface area contributed by atoms with E-state index in [0.29, 0.717) is 37.9 Å². The molecule has 9 nitrogen and oxygen atoms in total. The molecule has 2 heterocycles. The zero-order valence-electron chi connectivity index (χ0n) is 26.5. The van der Waals surface area contributed by atoms with E-state index >= 15 is 0 Å². The summed E-state index contributed by atoms with van der Waals surface area (Å²) in [6, 6.07) is 39.5. The molecule has 1 N–H and O–H groups in total. The molecule has 2 saturated heterocycles. The van der Waals surface area contributed by atoms with Crippen molar-refractivity contribution in [3.05, 3.63) is 144 Å². The maximum atomic E-state index is 11.9. The molecule has 3 unspecified atom stereocenters. The fourth-order valence-corrected chi connectivity index (χ4v) is 9.44. The van der Waals surface area contributed by atoms with E-state index in [2.05, 4.69) is 0 Å². The van der Waals surface area contributed by atoms with Crippen molar-refractivity contribution in [2.24, 2.45) is 0 Å². The highest BCUT2D eigenvalue weighted by atomic mass is 32.3. The van der Waals surface area contributed by atoms with Gasteiger partial charge in [-0.25, -0.2) is 4.18 Å². The van der Waals surface area contributed by atoms with Crippen molar-refractivity contribution in [2.75, 3.05) is 24.7 Å². The van der Waals surface area contributed by atoms with Crippen LogP contribution in [0.3, 0.4) is 0 Å². The van der Waals surface area contributed by atoms with Gasteiger partial charge in [0, 0.05) is 16.5 Å². The van der Waals surface area contributed by atoms with Crippen LogP contribution in [0.5, 0.6) is 0 Å². The minimum Gasteiger partial charge on any atom is -0.371 e. The molecule has 4 aromatic carbocycles. The molecule has 48 heavy (non-hydrogen) atoms. The zero-order valence-corrected chi connectivity index (χ0v) is 28.1. The van der Waals surface area contributed by atoms with E-state index in [-0.39, 0.29) is 24.1 Å². The molecule has 2 aliphatic rings. The first-order valence-electron chi connectivity index (χ1n) is 16.0. The second-order valence-electron chi connectivity index (χ2n) is 11.8. The Hall–Kier alpha value is -3.10. The van der Waals surface area contributed by atoms with Crippen LogP contribution in [0.4, 0.5) is 0 Å². The first-order chi connectivity index (χ1) is 23.4. The van der Waals surface area contributed by atoms with Gasteiger partial charge in [0.2, 0.25) is 0 Å². The van der Waals surface area contributed by atoms with E-state index in [4.69, 9.17) is 27.9 Å². The monoisotopic (exact) mass is 693 g/mol. The number of ether oxygens (including phenoxy) is 5. The Morgan fingerprint density at radius 2 is 1.25 bits per heavy atom. The third-order valence-electron chi connectivity index (χ3n) is 8.35. The first kappa shape index (κ1) is 34.8. The van der Waals surface area contributed by atoms with E-state index in [0.717, 1.165) is 22.3 Å². The molecule has 0 amide bonds. The van der Waals surface area contributed by atoms with Gasteiger partial charge in [-0.15, -0.1) is 0 Å². The molecule has 0 aliphatic carbocycles. The van der Waals surface area contributed by atoms with Gasteiger partial charge >= 0.3 is 10.4 Å². The van der Waals surface area contributed by atoms with E-state index in [1.807, 2.05) is 121 Å². The van der Waals surface area contributed by atoms with Crippen molar-refractivity contribution in [2.45, 2.75) is 55.8 Å². The molecular formula is C37H41O9S2+. The maximum absolute atomic E-state index is 11.9. The van der Waals surface area contributed by atoms with Gasteiger partial charge in [0.25, 0.3) is 0 Å². The molecule has 2 aliphatic heterocycles. The molecule has 0 aromatic heterocycles. The molecule has 11 heteroatoms. The largest absolute Gasteiger partial charge is 0.397 e. The van der Waals surface area contributed by atoms with Gasteiger partial charge < -0.3 is 23.7 Å². The summed E-state index contributed by atoms with van der Waals surface area (Å²) in [6.07, 6.45) is -3.02. The molecular weight excluding hydrogens is 653 g/mol. The third kappa shape index (κ3) is 9.97. The summed E-state index contributed by atoms with van der Waals surface area (Å²) in [5.74, 6) is 1.09. The summed E-state index contributed by atoms with van der Waals surface area (Å²) >= 11 is 0. The van der Waals surface area contributed by atoms with Gasteiger partial charge in [0.05, 0.1) is 33.0 Å². The Balaban J connectivity index is 1.26. The van der Waals surface area contributed by atoms with Gasteiger partial charge in [0.15, 0.2) is 11.5 Å². The summed E-state index contributed by atoms with van der Waals surface area (Å²) in [4.78, 5) is 0. The average Bonchev–Trinajstić information content (AvgIpc) is 3.43. The van der Waals surface area contributed by atoms with Crippen LogP contribution in [0.15, 0.2) is 121 Å². The molecule has 0 radical (unpaired) electrons. The number of rotatable bonds is 15. The SMILES string of the molecule is O=S(=O)(O)O[C@@H]1COC(c2ccccc2)O[C@H]1C[S+]1CC(OCc2ccccc2)[C@@H](OCc2ccccc2)[C@@H]1COCc1ccccc1. The molecule has 6 rings (SSSR count). The Bertz CT molecular complexity index is 1630. The first-order valence-corrected chi connectivity index (χ1v) is 19.0. The van der Waals surface area contributed by atoms with Gasteiger partial charge in [0.1, 0.15) is 35.9 Å². The maximum Gasteiger partial charge on any atom is 0.397 e. The van der Waals surface area contributed by atoms with Crippen LogP contribution in [-0.2, 0) is 69.0 Å². The van der Waals surface area contributed by atoms with Crippen molar-refractivity contribution in [1.29, 1.82) is 0 Å². The smallest absolute Gasteiger partial charge is 0.371 e. The highest BCUT2D eigenvalue weighted by Crippen LogP contribution is 2.35. The lowest BCUT2D eigenvalue weighted by atomic mass is 10.1. The van der Waals surface area contributed by atoms with Crippen LogP contribution in [0.25, 0.3) is 0 Å². The Morgan fingerprint density at radius 1 is 0.708 bits per heavy atom. The molecule has 0 saturated carbocycles. The summed E-state index contributed by atoms with van der Waals surface area (Å²) in [5.41, 5.74) is 3.98. The number of benzene rings is 4. The molecule has 4 aromatic rings. The standard InChI is InChI=1S/C37H40O9S2/c38-48(39,40)46-32-24-44-37(31-19-11-4-12-20-31)45-33(32)26-47-27-34(42-22-29-15-7-2-8-16-29)36(43-23-30-17-9-3-10-18-30)35(47)25-41-21-28-13-5-1-6-14-28/h1-20,32-37H,21-27H2/p+1/t32-,33+,34?,35+,36-,37?,47?/m1/s1. The van der Waals surface area contributed by atoms with E-state index < -0.39 is 39.8 Å². The summed E-state index contributed by atoms with van der Waals surface area (Å²) in [7, 11) is -5.19. The normalized spacial score (nSPS) is 26.0. The third-order valence-corrected chi connectivity index (χ3v) is 11.6. The van der Waals surface area contributed by atoms with Crippen LogP contribution in [0.1, 0.15) is 28.5 Å². The van der Waals surface area contributed by atoms with Crippen molar-refractivity contribution < 1.29 is 40.8 Å². The van der Waals surface area contributed by atoms with Crippen LogP contribution < -0.4 is 0 Å². The number of hydrogen-bond donors (Lipinski definition) is 1. The Labute approximate surface area is 285 Å². The van der Waals surface area contributed by atoms with Gasteiger partial charge in [-0.3, -0.25) is 4.55 Å². The number of hydrogen-bond acceptors (Lipinski definition) is 8.